The van der Waals surface area contributed by atoms with E-state index in [2.05, 4.69) is 10.2 Å². The quantitative estimate of drug-likeness (QED) is 0.829. The zero-order valence-corrected chi connectivity index (χ0v) is 15.0. The van der Waals surface area contributed by atoms with Crippen LogP contribution in [0.4, 0.5) is 0 Å². The molecule has 0 saturated carbocycles. The number of piperidine rings is 2. The molecule has 3 saturated heterocycles. The predicted molar refractivity (Wildman–Crippen MR) is 92.6 cm³/mol. The molecule has 3 fully saturated rings. The maximum absolute atomic E-state index is 12.8. The molecule has 1 atom stereocenters. The van der Waals surface area contributed by atoms with Crippen LogP contribution in [0.5, 0.6) is 0 Å². The number of hydrogen-bond donors (Lipinski definition) is 1. The number of halogens is 1. The molecule has 1 spiro atoms. The van der Waals surface area contributed by atoms with Gasteiger partial charge in [0.1, 0.15) is 0 Å². The largest absolute Gasteiger partial charge is 0.342 e. The first-order valence-electron chi connectivity index (χ1n) is 8.91. The molecule has 3 rings (SSSR count). The molecule has 132 valence electrons. The molecule has 0 radical (unpaired) electrons. The number of amides is 2. The zero-order valence-electron chi connectivity index (χ0n) is 14.2. The Bertz CT molecular complexity index is 428. The Kier molecular flexibility index (Phi) is 6.32. The van der Waals surface area contributed by atoms with Gasteiger partial charge in [0.25, 0.3) is 0 Å². The van der Waals surface area contributed by atoms with Crippen molar-refractivity contribution >= 4 is 24.2 Å². The van der Waals surface area contributed by atoms with E-state index in [0.717, 1.165) is 58.4 Å². The molecule has 2 amide bonds. The Hall–Kier alpha value is -0.810. The van der Waals surface area contributed by atoms with Crippen LogP contribution in [0.2, 0.25) is 0 Å². The van der Waals surface area contributed by atoms with Gasteiger partial charge in [-0.25, -0.2) is 0 Å². The minimum atomic E-state index is 0. The SMILES string of the molecule is CCC(=O)N1CCCC(C(=O)N2CCC3(CCNC3)CC2)C1.Cl. The van der Waals surface area contributed by atoms with Crippen molar-refractivity contribution in [3.8, 4) is 0 Å². The summed E-state index contributed by atoms with van der Waals surface area (Å²) in [5.41, 5.74) is 0.452. The third-order valence-corrected chi connectivity index (χ3v) is 5.89. The first-order chi connectivity index (χ1) is 10.6. The van der Waals surface area contributed by atoms with E-state index < -0.39 is 0 Å². The molecule has 3 heterocycles. The lowest BCUT2D eigenvalue weighted by molar-refractivity contribution is -0.142. The molecule has 1 N–H and O–H groups in total. The van der Waals surface area contributed by atoms with Crippen molar-refractivity contribution in [2.24, 2.45) is 11.3 Å². The minimum Gasteiger partial charge on any atom is -0.342 e. The molecule has 3 aliphatic heterocycles. The number of nitrogens with one attached hydrogen (secondary N) is 1. The first-order valence-corrected chi connectivity index (χ1v) is 8.91. The van der Waals surface area contributed by atoms with E-state index >= 15 is 0 Å². The van der Waals surface area contributed by atoms with Gasteiger partial charge in [-0.05, 0) is 44.1 Å². The van der Waals surface area contributed by atoms with Gasteiger partial charge in [-0.3, -0.25) is 9.59 Å². The molecule has 23 heavy (non-hydrogen) atoms. The van der Waals surface area contributed by atoms with Gasteiger partial charge in [-0.1, -0.05) is 6.92 Å². The lowest BCUT2D eigenvalue weighted by Crippen LogP contribution is -2.50. The molecule has 1 unspecified atom stereocenters. The van der Waals surface area contributed by atoms with Crippen molar-refractivity contribution < 1.29 is 9.59 Å². The molecule has 0 aromatic rings. The fraction of sp³-hybridized carbons (Fsp3) is 0.882. The summed E-state index contributed by atoms with van der Waals surface area (Å²) in [6.07, 6.45) is 5.98. The van der Waals surface area contributed by atoms with Crippen LogP contribution in [0.3, 0.4) is 0 Å². The lowest BCUT2D eigenvalue weighted by atomic mass is 9.77. The van der Waals surface area contributed by atoms with E-state index in [4.69, 9.17) is 0 Å². The predicted octanol–water partition coefficient (Wildman–Crippen LogP) is 1.66. The summed E-state index contributed by atoms with van der Waals surface area (Å²) in [6, 6.07) is 0. The van der Waals surface area contributed by atoms with E-state index in [1.807, 2.05) is 11.8 Å². The average molecular weight is 344 g/mol. The Balaban J connectivity index is 0.00000192. The summed E-state index contributed by atoms with van der Waals surface area (Å²) in [6.45, 7) is 7.41. The van der Waals surface area contributed by atoms with Crippen LogP contribution in [0.25, 0.3) is 0 Å². The van der Waals surface area contributed by atoms with Crippen molar-refractivity contribution in [2.45, 2.75) is 45.4 Å². The standard InChI is InChI=1S/C17H29N3O2.ClH/c1-2-15(21)20-9-3-4-14(12-20)16(22)19-10-6-17(7-11-19)5-8-18-13-17;/h14,18H,2-13H2,1H3;1H. The third kappa shape index (κ3) is 4.00. The average Bonchev–Trinajstić information content (AvgIpc) is 3.02. The monoisotopic (exact) mass is 343 g/mol. The highest BCUT2D eigenvalue weighted by molar-refractivity contribution is 5.85. The van der Waals surface area contributed by atoms with Crippen molar-refractivity contribution in [2.75, 3.05) is 39.3 Å². The number of carbonyl (C=O) groups excluding carboxylic acids is 2. The number of rotatable bonds is 2. The number of nitrogens with zero attached hydrogens (tertiary/aromatic N) is 2. The van der Waals surface area contributed by atoms with Crippen LogP contribution in [0.15, 0.2) is 0 Å². The zero-order chi connectivity index (χ0) is 15.6. The molecule has 0 aromatic heterocycles. The van der Waals surface area contributed by atoms with Crippen molar-refractivity contribution in [3.63, 3.8) is 0 Å². The topological polar surface area (TPSA) is 52.7 Å². The summed E-state index contributed by atoms with van der Waals surface area (Å²) in [7, 11) is 0. The van der Waals surface area contributed by atoms with Gasteiger partial charge in [0.15, 0.2) is 0 Å². The van der Waals surface area contributed by atoms with Crippen LogP contribution in [-0.2, 0) is 9.59 Å². The molecular weight excluding hydrogens is 314 g/mol. The van der Waals surface area contributed by atoms with E-state index in [9.17, 15) is 9.59 Å². The highest BCUT2D eigenvalue weighted by Crippen LogP contribution is 2.37. The van der Waals surface area contributed by atoms with Gasteiger partial charge < -0.3 is 15.1 Å². The summed E-state index contributed by atoms with van der Waals surface area (Å²) in [5, 5.41) is 3.47. The number of likely N-dealkylation sites (tertiary alicyclic amines) is 2. The fourth-order valence-electron chi connectivity index (χ4n) is 4.31. The summed E-state index contributed by atoms with van der Waals surface area (Å²) < 4.78 is 0. The van der Waals surface area contributed by atoms with Gasteiger partial charge in [0.2, 0.25) is 11.8 Å². The normalized spacial score (nSPS) is 26.9. The Morgan fingerprint density at radius 3 is 2.48 bits per heavy atom. The summed E-state index contributed by atoms with van der Waals surface area (Å²) in [5.74, 6) is 0.501. The summed E-state index contributed by atoms with van der Waals surface area (Å²) >= 11 is 0. The lowest BCUT2D eigenvalue weighted by Gasteiger charge is -2.41. The number of hydrogen-bond acceptors (Lipinski definition) is 3. The first kappa shape index (κ1) is 18.5. The fourth-order valence-corrected chi connectivity index (χ4v) is 4.31. The van der Waals surface area contributed by atoms with E-state index in [0.29, 0.717) is 18.4 Å². The van der Waals surface area contributed by atoms with Crippen LogP contribution in [-0.4, -0.2) is 60.9 Å². The molecule has 0 bridgehead atoms. The van der Waals surface area contributed by atoms with Crippen LogP contribution in [0.1, 0.15) is 45.4 Å². The van der Waals surface area contributed by atoms with E-state index in [1.165, 1.54) is 6.42 Å². The van der Waals surface area contributed by atoms with Crippen molar-refractivity contribution in [3.05, 3.63) is 0 Å². The van der Waals surface area contributed by atoms with Gasteiger partial charge in [0, 0.05) is 39.1 Å². The molecule has 6 heteroatoms. The molecule has 5 nitrogen and oxygen atoms in total. The molecule has 0 aliphatic carbocycles. The second-order valence-corrected chi connectivity index (χ2v) is 7.28. The maximum atomic E-state index is 12.8. The van der Waals surface area contributed by atoms with Gasteiger partial charge in [-0.2, -0.15) is 0 Å². The van der Waals surface area contributed by atoms with Crippen LogP contribution >= 0.6 is 12.4 Å². The van der Waals surface area contributed by atoms with Crippen LogP contribution in [0, 0.1) is 11.3 Å². The Labute approximate surface area is 145 Å². The summed E-state index contributed by atoms with van der Waals surface area (Å²) in [4.78, 5) is 28.6. The smallest absolute Gasteiger partial charge is 0.227 e. The van der Waals surface area contributed by atoms with E-state index in [-0.39, 0.29) is 30.1 Å². The highest BCUT2D eigenvalue weighted by Gasteiger charge is 2.39. The molecular formula is C17H30ClN3O2. The molecule has 0 aromatic carbocycles. The maximum Gasteiger partial charge on any atom is 0.227 e. The van der Waals surface area contributed by atoms with Gasteiger partial charge in [0.05, 0.1) is 5.92 Å². The second-order valence-electron chi connectivity index (χ2n) is 7.28. The second kappa shape index (κ2) is 7.84. The third-order valence-electron chi connectivity index (χ3n) is 5.89. The van der Waals surface area contributed by atoms with E-state index in [1.54, 1.807) is 0 Å². The minimum absolute atomic E-state index is 0. The van der Waals surface area contributed by atoms with Gasteiger partial charge in [-0.15, -0.1) is 12.4 Å². The van der Waals surface area contributed by atoms with Crippen molar-refractivity contribution in [1.82, 2.24) is 15.1 Å². The Morgan fingerprint density at radius 2 is 1.87 bits per heavy atom. The van der Waals surface area contributed by atoms with Crippen LogP contribution < -0.4 is 5.32 Å². The highest BCUT2D eigenvalue weighted by atomic mass is 35.5. The Morgan fingerprint density at radius 1 is 1.13 bits per heavy atom. The molecule has 3 aliphatic rings. The van der Waals surface area contributed by atoms with Crippen molar-refractivity contribution in [1.29, 1.82) is 0 Å². The van der Waals surface area contributed by atoms with Gasteiger partial charge >= 0.3 is 0 Å². The number of carbonyl (C=O) groups is 2.